The first kappa shape index (κ1) is 12.9. The summed E-state index contributed by atoms with van der Waals surface area (Å²) in [5.74, 6) is 0. The first-order valence-electron chi connectivity index (χ1n) is 6.05. The van der Waals surface area contributed by atoms with Gasteiger partial charge in [-0.15, -0.1) is 6.58 Å². The minimum Gasteiger partial charge on any atom is -0.312 e. The minimum absolute atomic E-state index is 0.371. The molecule has 0 saturated heterocycles. The van der Waals surface area contributed by atoms with Crippen LogP contribution < -0.4 is 5.32 Å². The fraction of sp³-hybridized carbons (Fsp3) is 0.500. The van der Waals surface area contributed by atoms with Gasteiger partial charge >= 0.3 is 0 Å². The van der Waals surface area contributed by atoms with E-state index in [1.54, 1.807) is 0 Å². The molecule has 0 amide bonds. The fourth-order valence-corrected chi connectivity index (χ4v) is 1.95. The normalized spacial score (nSPS) is 12.4. The van der Waals surface area contributed by atoms with Crippen molar-refractivity contribution < 1.29 is 0 Å². The highest BCUT2D eigenvalue weighted by Gasteiger charge is 2.12. The van der Waals surface area contributed by atoms with Crippen LogP contribution in [-0.4, -0.2) is 12.0 Å². The van der Waals surface area contributed by atoms with Gasteiger partial charge in [0.05, 0.1) is 5.69 Å². The van der Waals surface area contributed by atoms with Gasteiger partial charge in [0.2, 0.25) is 0 Å². The lowest BCUT2D eigenvalue weighted by atomic mass is 10.0. The van der Waals surface area contributed by atoms with Crippen LogP contribution in [0, 0.1) is 0 Å². The molecule has 0 aromatic carbocycles. The molecule has 1 N–H and O–H groups in total. The van der Waals surface area contributed by atoms with E-state index < -0.39 is 0 Å². The van der Waals surface area contributed by atoms with Crippen LogP contribution in [0.15, 0.2) is 31.0 Å². The molecular weight excluding hydrogens is 196 g/mol. The monoisotopic (exact) mass is 218 g/mol. The summed E-state index contributed by atoms with van der Waals surface area (Å²) in [6.45, 7) is 5.93. The SMILES string of the molecule is C=CCCCC(NC)c1ncccc1CC. The van der Waals surface area contributed by atoms with Gasteiger partial charge in [-0.25, -0.2) is 0 Å². The Labute approximate surface area is 98.8 Å². The maximum atomic E-state index is 4.51. The predicted octanol–water partition coefficient (Wildman–Crippen LogP) is 3.26. The molecular formula is C14H22N2. The summed E-state index contributed by atoms with van der Waals surface area (Å²) in [4.78, 5) is 4.51. The zero-order chi connectivity index (χ0) is 11.8. The molecule has 1 atom stereocenters. The van der Waals surface area contributed by atoms with Gasteiger partial charge in [-0.1, -0.05) is 19.1 Å². The average Bonchev–Trinajstić information content (AvgIpc) is 2.35. The highest BCUT2D eigenvalue weighted by atomic mass is 14.9. The molecule has 0 fully saturated rings. The molecule has 2 nitrogen and oxygen atoms in total. The summed E-state index contributed by atoms with van der Waals surface area (Å²) in [6, 6.07) is 4.55. The molecule has 1 aromatic heterocycles. The highest BCUT2D eigenvalue weighted by Crippen LogP contribution is 2.20. The molecule has 1 rings (SSSR count). The summed E-state index contributed by atoms with van der Waals surface area (Å²) in [5, 5.41) is 3.36. The number of hydrogen-bond acceptors (Lipinski definition) is 2. The van der Waals surface area contributed by atoms with Crippen molar-refractivity contribution >= 4 is 0 Å². The highest BCUT2D eigenvalue weighted by molar-refractivity contribution is 5.22. The van der Waals surface area contributed by atoms with Crippen LogP contribution in [0.2, 0.25) is 0 Å². The topological polar surface area (TPSA) is 24.9 Å². The fourth-order valence-electron chi connectivity index (χ4n) is 1.95. The molecule has 0 radical (unpaired) electrons. The Morgan fingerprint density at radius 2 is 2.38 bits per heavy atom. The summed E-state index contributed by atoms with van der Waals surface area (Å²) in [6.07, 6.45) is 8.26. The van der Waals surface area contributed by atoms with Crippen LogP contribution in [0.25, 0.3) is 0 Å². The van der Waals surface area contributed by atoms with Crippen molar-refractivity contribution in [2.75, 3.05) is 7.05 Å². The Balaban J connectivity index is 2.73. The van der Waals surface area contributed by atoms with Gasteiger partial charge in [-0.2, -0.15) is 0 Å². The van der Waals surface area contributed by atoms with Crippen molar-refractivity contribution in [3.8, 4) is 0 Å². The minimum atomic E-state index is 0.371. The van der Waals surface area contributed by atoms with E-state index in [0.29, 0.717) is 6.04 Å². The predicted molar refractivity (Wildman–Crippen MR) is 69.5 cm³/mol. The molecule has 2 heteroatoms. The summed E-state index contributed by atoms with van der Waals surface area (Å²) >= 11 is 0. The number of allylic oxidation sites excluding steroid dienone is 1. The molecule has 0 aliphatic heterocycles. The van der Waals surface area contributed by atoms with Gasteiger partial charge in [0, 0.05) is 12.2 Å². The zero-order valence-corrected chi connectivity index (χ0v) is 10.4. The molecule has 1 unspecified atom stereocenters. The maximum Gasteiger partial charge on any atom is 0.0604 e. The van der Waals surface area contributed by atoms with E-state index in [0.717, 1.165) is 25.7 Å². The van der Waals surface area contributed by atoms with Crippen molar-refractivity contribution in [3.05, 3.63) is 42.2 Å². The molecule has 88 valence electrons. The van der Waals surface area contributed by atoms with Crippen molar-refractivity contribution in [2.24, 2.45) is 0 Å². The van der Waals surface area contributed by atoms with Crippen LogP contribution in [0.4, 0.5) is 0 Å². The molecule has 0 spiro atoms. The van der Waals surface area contributed by atoms with Crippen molar-refractivity contribution in [3.63, 3.8) is 0 Å². The van der Waals surface area contributed by atoms with Crippen LogP contribution in [0.5, 0.6) is 0 Å². The lowest BCUT2D eigenvalue weighted by Gasteiger charge is -2.18. The molecule has 0 bridgehead atoms. The van der Waals surface area contributed by atoms with Gasteiger partial charge in [0.15, 0.2) is 0 Å². The Hall–Kier alpha value is -1.15. The second kappa shape index (κ2) is 7.18. The largest absolute Gasteiger partial charge is 0.312 e. The van der Waals surface area contributed by atoms with Crippen molar-refractivity contribution in [2.45, 2.75) is 38.6 Å². The van der Waals surface area contributed by atoms with Gasteiger partial charge < -0.3 is 5.32 Å². The van der Waals surface area contributed by atoms with Crippen molar-refractivity contribution in [1.29, 1.82) is 0 Å². The van der Waals surface area contributed by atoms with Crippen LogP contribution >= 0.6 is 0 Å². The van der Waals surface area contributed by atoms with Gasteiger partial charge in [0.1, 0.15) is 0 Å². The van der Waals surface area contributed by atoms with Crippen LogP contribution in [0.1, 0.15) is 43.5 Å². The molecule has 0 aliphatic carbocycles. The number of hydrogen-bond donors (Lipinski definition) is 1. The zero-order valence-electron chi connectivity index (χ0n) is 10.4. The number of pyridine rings is 1. The van der Waals surface area contributed by atoms with E-state index in [9.17, 15) is 0 Å². The number of rotatable bonds is 7. The smallest absolute Gasteiger partial charge is 0.0604 e. The second-order valence-corrected chi connectivity index (χ2v) is 3.96. The van der Waals surface area contributed by atoms with Crippen LogP contribution in [0.3, 0.4) is 0 Å². The van der Waals surface area contributed by atoms with Crippen LogP contribution in [-0.2, 0) is 6.42 Å². The average molecular weight is 218 g/mol. The number of aryl methyl sites for hydroxylation is 1. The Kier molecular flexibility index (Phi) is 5.79. The Morgan fingerprint density at radius 3 is 3.00 bits per heavy atom. The first-order chi connectivity index (χ1) is 7.83. The van der Waals surface area contributed by atoms with E-state index in [1.807, 2.05) is 25.4 Å². The lowest BCUT2D eigenvalue weighted by Crippen LogP contribution is -2.19. The van der Waals surface area contributed by atoms with Gasteiger partial charge in [-0.3, -0.25) is 4.98 Å². The standard InChI is InChI=1S/C14H22N2/c1-4-6-7-10-13(15-3)14-12(5-2)9-8-11-16-14/h4,8-9,11,13,15H,1,5-7,10H2,2-3H3. The molecule has 0 aliphatic rings. The van der Waals surface area contributed by atoms with E-state index in [4.69, 9.17) is 0 Å². The molecule has 16 heavy (non-hydrogen) atoms. The van der Waals surface area contributed by atoms with E-state index in [1.165, 1.54) is 11.3 Å². The Bertz CT molecular complexity index is 320. The number of aromatic nitrogens is 1. The summed E-state index contributed by atoms with van der Waals surface area (Å²) < 4.78 is 0. The molecule has 0 saturated carbocycles. The third-order valence-corrected chi connectivity index (χ3v) is 2.89. The number of nitrogens with one attached hydrogen (secondary N) is 1. The maximum absolute atomic E-state index is 4.51. The number of nitrogens with zero attached hydrogens (tertiary/aromatic N) is 1. The van der Waals surface area contributed by atoms with E-state index in [-0.39, 0.29) is 0 Å². The first-order valence-corrected chi connectivity index (χ1v) is 6.05. The van der Waals surface area contributed by atoms with Gasteiger partial charge in [0.25, 0.3) is 0 Å². The number of unbranched alkanes of at least 4 members (excludes halogenated alkanes) is 1. The summed E-state index contributed by atoms with van der Waals surface area (Å²) in [5.41, 5.74) is 2.55. The Morgan fingerprint density at radius 1 is 1.56 bits per heavy atom. The van der Waals surface area contributed by atoms with Crippen molar-refractivity contribution in [1.82, 2.24) is 10.3 Å². The van der Waals surface area contributed by atoms with E-state index >= 15 is 0 Å². The third-order valence-electron chi connectivity index (χ3n) is 2.89. The summed E-state index contributed by atoms with van der Waals surface area (Å²) in [7, 11) is 2.01. The second-order valence-electron chi connectivity index (χ2n) is 3.96. The quantitative estimate of drug-likeness (QED) is 0.561. The third kappa shape index (κ3) is 3.46. The van der Waals surface area contributed by atoms with E-state index in [2.05, 4.69) is 29.9 Å². The van der Waals surface area contributed by atoms with Gasteiger partial charge in [-0.05, 0) is 44.4 Å². The molecule has 1 heterocycles. The lowest BCUT2D eigenvalue weighted by molar-refractivity contribution is 0.514. The molecule has 1 aromatic rings.